The van der Waals surface area contributed by atoms with Gasteiger partial charge in [-0.3, -0.25) is 4.90 Å². The minimum atomic E-state index is 0.819. The molecule has 0 radical (unpaired) electrons. The van der Waals surface area contributed by atoms with Crippen LogP contribution in [0.3, 0.4) is 0 Å². The summed E-state index contributed by atoms with van der Waals surface area (Å²) in [6.07, 6.45) is 1.85. The highest BCUT2D eigenvalue weighted by molar-refractivity contribution is 9.10. The third-order valence-corrected chi connectivity index (χ3v) is 4.12. The van der Waals surface area contributed by atoms with Crippen LogP contribution in [-0.4, -0.2) is 41.0 Å². The molecule has 2 heterocycles. The minimum Gasteiger partial charge on any atom is -0.314 e. The van der Waals surface area contributed by atoms with Crippen molar-refractivity contribution in [2.45, 2.75) is 6.54 Å². The average molecular weight is 333 g/mol. The van der Waals surface area contributed by atoms with E-state index in [1.165, 1.54) is 0 Å². The maximum atomic E-state index is 4.69. The fraction of sp³-hybridized carbons (Fsp3) is 0.333. The number of piperazine rings is 1. The molecule has 1 saturated heterocycles. The standard InChI is InChI=1S/C15H17BrN4/c16-13-4-2-1-3-12(13)14-5-6-18-15(19-14)11-20-9-7-17-8-10-20/h1-6,17H,7-11H2. The maximum Gasteiger partial charge on any atom is 0.142 e. The lowest BCUT2D eigenvalue weighted by Crippen LogP contribution is -2.43. The topological polar surface area (TPSA) is 41.1 Å². The summed E-state index contributed by atoms with van der Waals surface area (Å²) in [4.78, 5) is 11.5. The van der Waals surface area contributed by atoms with Gasteiger partial charge in [0.05, 0.1) is 12.2 Å². The van der Waals surface area contributed by atoms with E-state index in [9.17, 15) is 0 Å². The van der Waals surface area contributed by atoms with E-state index in [4.69, 9.17) is 4.98 Å². The summed E-state index contributed by atoms with van der Waals surface area (Å²) >= 11 is 3.58. The van der Waals surface area contributed by atoms with Gasteiger partial charge in [-0.25, -0.2) is 9.97 Å². The van der Waals surface area contributed by atoms with Crippen molar-refractivity contribution < 1.29 is 0 Å². The zero-order chi connectivity index (χ0) is 13.8. The van der Waals surface area contributed by atoms with E-state index < -0.39 is 0 Å². The van der Waals surface area contributed by atoms with Crippen molar-refractivity contribution >= 4 is 15.9 Å². The van der Waals surface area contributed by atoms with Crippen LogP contribution in [-0.2, 0) is 6.54 Å². The monoisotopic (exact) mass is 332 g/mol. The molecule has 1 aliphatic heterocycles. The Hall–Kier alpha value is -1.30. The van der Waals surface area contributed by atoms with Gasteiger partial charge in [0.2, 0.25) is 0 Å². The lowest BCUT2D eigenvalue weighted by atomic mass is 10.1. The van der Waals surface area contributed by atoms with Crippen LogP contribution < -0.4 is 5.32 Å². The number of hydrogen-bond donors (Lipinski definition) is 1. The van der Waals surface area contributed by atoms with E-state index in [0.717, 1.165) is 54.3 Å². The van der Waals surface area contributed by atoms with Crippen molar-refractivity contribution in [1.29, 1.82) is 0 Å². The highest BCUT2D eigenvalue weighted by atomic mass is 79.9. The molecule has 0 bridgehead atoms. The number of rotatable bonds is 3. The largest absolute Gasteiger partial charge is 0.314 e. The molecule has 0 saturated carbocycles. The first-order valence-electron chi connectivity index (χ1n) is 6.83. The first-order valence-corrected chi connectivity index (χ1v) is 7.62. The molecule has 1 aromatic heterocycles. The Labute approximate surface area is 127 Å². The van der Waals surface area contributed by atoms with Crippen molar-refractivity contribution in [1.82, 2.24) is 20.2 Å². The second-order valence-electron chi connectivity index (χ2n) is 4.86. The summed E-state index contributed by atoms with van der Waals surface area (Å²) in [5, 5.41) is 3.36. The molecular formula is C15H17BrN4. The fourth-order valence-corrected chi connectivity index (χ4v) is 2.85. The number of halogens is 1. The molecule has 1 N–H and O–H groups in total. The third-order valence-electron chi connectivity index (χ3n) is 3.43. The quantitative estimate of drug-likeness (QED) is 0.936. The van der Waals surface area contributed by atoms with Gasteiger partial charge in [-0.2, -0.15) is 0 Å². The fourth-order valence-electron chi connectivity index (χ4n) is 2.36. The summed E-state index contributed by atoms with van der Waals surface area (Å²) in [6, 6.07) is 10.1. The van der Waals surface area contributed by atoms with Crippen molar-refractivity contribution in [3.05, 3.63) is 46.8 Å². The van der Waals surface area contributed by atoms with Gasteiger partial charge in [-0.1, -0.05) is 34.1 Å². The summed E-state index contributed by atoms with van der Waals surface area (Å²) in [5.41, 5.74) is 2.08. The van der Waals surface area contributed by atoms with Crippen molar-refractivity contribution in [3.8, 4) is 11.3 Å². The number of nitrogens with one attached hydrogen (secondary N) is 1. The predicted octanol–water partition coefficient (Wildman–Crippen LogP) is 2.31. The number of aromatic nitrogens is 2. The predicted molar refractivity (Wildman–Crippen MR) is 83.3 cm³/mol. The molecule has 0 unspecified atom stereocenters. The molecule has 0 atom stereocenters. The van der Waals surface area contributed by atoms with E-state index in [2.05, 4.69) is 37.2 Å². The SMILES string of the molecule is Brc1ccccc1-c1ccnc(CN2CCNCC2)n1. The van der Waals surface area contributed by atoms with E-state index in [-0.39, 0.29) is 0 Å². The first-order chi connectivity index (χ1) is 9.83. The zero-order valence-electron chi connectivity index (χ0n) is 11.2. The van der Waals surface area contributed by atoms with Crippen molar-refractivity contribution in [2.24, 2.45) is 0 Å². The van der Waals surface area contributed by atoms with Crippen LogP contribution >= 0.6 is 15.9 Å². The molecule has 0 aliphatic carbocycles. The van der Waals surface area contributed by atoms with E-state index in [1.54, 1.807) is 0 Å². The number of nitrogens with zero attached hydrogens (tertiary/aromatic N) is 3. The Kier molecular flexibility index (Phi) is 4.40. The summed E-state index contributed by atoms with van der Waals surface area (Å²) in [6.45, 7) is 5.03. The van der Waals surface area contributed by atoms with Crippen LogP contribution in [0.4, 0.5) is 0 Å². The van der Waals surface area contributed by atoms with E-state index >= 15 is 0 Å². The molecule has 5 heteroatoms. The maximum absolute atomic E-state index is 4.69. The summed E-state index contributed by atoms with van der Waals surface area (Å²) in [7, 11) is 0. The lowest BCUT2D eigenvalue weighted by molar-refractivity contribution is 0.228. The normalized spacial score (nSPS) is 16.2. The Balaban J connectivity index is 1.80. The highest BCUT2D eigenvalue weighted by Gasteiger charge is 2.12. The number of hydrogen-bond acceptors (Lipinski definition) is 4. The molecule has 4 nitrogen and oxygen atoms in total. The van der Waals surface area contributed by atoms with Gasteiger partial charge in [0.25, 0.3) is 0 Å². The van der Waals surface area contributed by atoms with Crippen molar-refractivity contribution in [3.63, 3.8) is 0 Å². The molecule has 0 amide bonds. The summed E-state index contributed by atoms with van der Waals surface area (Å²) < 4.78 is 1.06. The van der Waals surface area contributed by atoms with E-state index in [0.29, 0.717) is 0 Å². The highest BCUT2D eigenvalue weighted by Crippen LogP contribution is 2.26. The smallest absolute Gasteiger partial charge is 0.142 e. The van der Waals surface area contributed by atoms with Gasteiger partial charge < -0.3 is 5.32 Å². The summed E-state index contributed by atoms with van der Waals surface area (Å²) in [5.74, 6) is 0.889. The van der Waals surface area contributed by atoms with Gasteiger partial charge in [0.1, 0.15) is 5.82 Å². The minimum absolute atomic E-state index is 0.819. The zero-order valence-corrected chi connectivity index (χ0v) is 12.8. The lowest BCUT2D eigenvalue weighted by Gasteiger charge is -2.26. The Morgan fingerprint density at radius 1 is 1.15 bits per heavy atom. The van der Waals surface area contributed by atoms with Crippen LogP contribution in [0.2, 0.25) is 0 Å². The second kappa shape index (κ2) is 6.43. The Morgan fingerprint density at radius 2 is 1.95 bits per heavy atom. The molecule has 1 fully saturated rings. The average Bonchev–Trinajstić information content (AvgIpc) is 2.49. The first kappa shape index (κ1) is 13.7. The molecule has 2 aromatic rings. The van der Waals surface area contributed by atoms with Gasteiger partial charge in [-0.15, -0.1) is 0 Å². The van der Waals surface area contributed by atoms with Crippen LogP contribution in [0.1, 0.15) is 5.82 Å². The molecule has 1 aromatic carbocycles. The van der Waals surface area contributed by atoms with Gasteiger partial charge >= 0.3 is 0 Å². The molecule has 104 valence electrons. The van der Waals surface area contributed by atoms with Crippen molar-refractivity contribution in [2.75, 3.05) is 26.2 Å². The van der Waals surface area contributed by atoms with E-state index in [1.807, 2.05) is 30.5 Å². The van der Waals surface area contributed by atoms with Gasteiger partial charge in [0, 0.05) is 42.4 Å². The number of benzene rings is 1. The molecule has 3 rings (SSSR count). The second-order valence-corrected chi connectivity index (χ2v) is 5.72. The van der Waals surface area contributed by atoms with Crippen LogP contribution in [0.5, 0.6) is 0 Å². The van der Waals surface area contributed by atoms with Crippen LogP contribution in [0.15, 0.2) is 41.0 Å². The molecular weight excluding hydrogens is 316 g/mol. The molecule has 20 heavy (non-hydrogen) atoms. The Morgan fingerprint density at radius 3 is 2.75 bits per heavy atom. The molecule has 0 spiro atoms. The van der Waals surface area contributed by atoms with Crippen LogP contribution in [0.25, 0.3) is 11.3 Å². The molecule has 1 aliphatic rings. The van der Waals surface area contributed by atoms with Gasteiger partial charge in [0.15, 0.2) is 0 Å². The van der Waals surface area contributed by atoms with Crippen LogP contribution in [0, 0.1) is 0 Å². The Bertz CT molecular complexity index is 582. The third kappa shape index (κ3) is 3.23. The van der Waals surface area contributed by atoms with Gasteiger partial charge in [-0.05, 0) is 12.1 Å².